The van der Waals surface area contributed by atoms with Crippen LogP contribution in [-0.2, 0) is 4.79 Å². The molecule has 0 atom stereocenters. The average Bonchev–Trinajstić information content (AvgIpc) is 2.70. The molecule has 0 unspecified atom stereocenters. The van der Waals surface area contributed by atoms with Crippen molar-refractivity contribution in [3.05, 3.63) is 0 Å². The summed E-state index contributed by atoms with van der Waals surface area (Å²) in [5.74, 6) is 1.03. The van der Waals surface area contributed by atoms with Crippen LogP contribution in [0.4, 0.5) is 0 Å². The van der Waals surface area contributed by atoms with Gasteiger partial charge in [-0.3, -0.25) is 4.79 Å². The highest BCUT2D eigenvalue weighted by Gasteiger charge is 2.42. The minimum atomic E-state index is 0.180. The van der Waals surface area contributed by atoms with Crippen LogP contribution in [-0.4, -0.2) is 18.2 Å². The predicted octanol–water partition coefficient (Wildman–Crippen LogP) is 1.22. The number of carbonyl (C=O) groups excluding carboxylic acids is 1. The molecule has 3 heteroatoms. The molecule has 0 aromatic carbocycles. The molecule has 1 amide bonds. The number of hydrogen-bond acceptors (Lipinski definition) is 2. The second-order valence-electron chi connectivity index (χ2n) is 3.29. The van der Waals surface area contributed by atoms with Crippen molar-refractivity contribution in [2.75, 3.05) is 12.3 Å². The summed E-state index contributed by atoms with van der Waals surface area (Å²) in [6.07, 6.45) is 3.02. The van der Waals surface area contributed by atoms with Gasteiger partial charge in [0.25, 0.3) is 0 Å². The summed E-state index contributed by atoms with van der Waals surface area (Å²) in [4.78, 5) is 11.1. The van der Waals surface area contributed by atoms with E-state index in [0.717, 1.165) is 12.3 Å². The molecule has 1 aliphatic carbocycles. The van der Waals surface area contributed by atoms with Crippen LogP contribution in [0.1, 0.15) is 26.2 Å². The summed E-state index contributed by atoms with van der Waals surface area (Å²) >= 11 is 4.23. The van der Waals surface area contributed by atoms with Gasteiger partial charge in [0.2, 0.25) is 5.91 Å². The third-order valence-electron chi connectivity index (χ3n) is 2.20. The maximum atomic E-state index is 11.1. The molecule has 1 N–H and O–H groups in total. The summed E-state index contributed by atoms with van der Waals surface area (Å²) in [5.41, 5.74) is 0.266. The molecule has 1 fully saturated rings. The molecule has 11 heavy (non-hydrogen) atoms. The van der Waals surface area contributed by atoms with E-state index in [4.69, 9.17) is 0 Å². The van der Waals surface area contributed by atoms with Gasteiger partial charge in [0.1, 0.15) is 0 Å². The molecule has 1 rings (SSSR count). The van der Waals surface area contributed by atoms with Crippen LogP contribution in [0.5, 0.6) is 0 Å². The van der Waals surface area contributed by atoms with Crippen LogP contribution in [0, 0.1) is 5.41 Å². The van der Waals surface area contributed by atoms with E-state index in [0.29, 0.717) is 6.42 Å². The highest BCUT2D eigenvalue weighted by molar-refractivity contribution is 7.80. The quantitative estimate of drug-likeness (QED) is 0.615. The lowest BCUT2D eigenvalue weighted by atomic mass is 10.1. The Morgan fingerprint density at radius 1 is 1.64 bits per heavy atom. The number of nitrogens with one attached hydrogen (secondary N) is 1. The Kier molecular flexibility index (Phi) is 2.82. The molecule has 0 saturated heterocycles. The third kappa shape index (κ3) is 2.40. The first-order chi connectivity index (χ1) is 5.22. The van der Waals surface area contributed by atoms with Crippen LogP contribution in [0.25, 0.3) is 0 Å². The van der Waals surface area contributed by atoms with E-state index in [1.807, 2.05) is 6.92 Å². The smallest absolute Gasteiger partial charge is 0.220 e. The molecule has 0 aliphatic heterocycles. The molecule has 0 spiro atoms. The first kappa shape index (κ1) is 8.91. The molecule has 0 bridgehead atoms. The van der Waals surface area contributed by atoms with E-state index in [2.05, 4.69) is 17.9 Å². The van der Waals surface area contributed by atoms with Crippen LogP contribution in [0.2, 0.25) is 0 Å². The van der Waals surface area contributed by atoms with Gasteiger partial charge in [-0.05, 0) is 30.9 Å². The van der Waals surface area contributed by atoms with E-state index in [-0.39, 0.29) is 11.3 Å². The van der Waals surface area contributed by atoms with Crippen LogP contribution in [0.15, 0.2) is 0 Å². The number of hydrogen-bond donors (Lipinski definition) is 2. The SMILES string of the molecule is CCNC(=O)CC1(CS)CC1. The van der Waals surface area contributed by atoms with E-state index in [1.165, 1.54) is 12.8 Å². The van der Waals surface area contributed by atoms with E-state index >= 15 is 0 Å². The summed E-state index contributed by atoms with van der Waals surface area (Å²) in [7, 11) is 0. The highest BCUT2D eigenvalue weighted by atomic mass is 32.1. The Labute approximate surface area is 73.2 Å². The largest absolute Gasteiger partial charge is 0.356 e. The van der Waals surface area contributed by atoms with E-state index in [9.17, 15) is 4.79 Å². The van der Waals surface area contributed by atoms with Gasteiger partial charge < -0.3 is 5.32 Å². The van der Waals surface area contributed by atoms with Crippen molar-refractivity contribution in [1.29, 1.82) is 0 Å². The first-order valence-electron chi connectivity index (χ1n) is 4.10. The lowest BCUT2D eigenvalue weighted by molar-refractivity contribution is -0.122. The van der Waals surface area contributed by atoms with Crippen molar-refractivity contribution >= 4 is 18.5 Å². The maximum Gasteiger partial charge on any atom is 0.220 e. The minimum Gasteiger partial charge on any atom is -0.356 e. The predicted molar refractivity (Wildman–Crippen MR) is 48.8 cm³/mol. The lowest BCUT2D eigenvalue weighted by Gasteiger charge is -2.10. The molecular weight excluding hydrogens is 158 g/mol. The van der Waals surface area contributed by atoms with Gasteiger partial charge in [0, 0.05) is 13.0 Å². The van der Waals surface area contributed by atoms with Gasteiger partial charge in [-0.1, -0.05) is 0 Å². The summed E-state index contributed by atoms with van der Waals surface area (Å²) in [5, 5.41) is 2.80. The van der Waals surface area contributed by atoms with Crippen LogP contribution in [0.3, 0.4) is 0 Å². The van der Waals surface area contributed by atoms with Gasteiger partial charge in [-0.2, -0.15) is 12.6 Å². The van der Waals surface area contributed by atoms with Crippen molar-refractivity contribution in [3.8, 4) is 0 Å². The van der Waals surface area contributed by atoms with Crippen LogP contribution < -0.4 is 5.32 Å². The van der Waals surface area contributed by atoms with Crippen molar-refractivity contribution < 1.29 is 4.79 Å². The molecule has 64 valence electrons. The third-order valence-corrected chi connectivity index (χ3v) is 2.87. The topological polar surface area (TPSA) is 29.1 Å². The second-order valence-corrected chi connectivity index (χ2v) is 3.60. The van der Waals surface area contributed by atoms with Gasteiger partial charge in [0.05, 0.1) is 0 Å². The normalized spacial score (nSPS) is 19.5. The molecule has 1 saturated carbocycles. The van der Waals surface area contributed by atoms with Gasteiger partial charge in [-0.15, -0.1) is 0 Å². The number of rotatable bonds is 4. The first-order valence-corrected chi connectivity index (χ1v) is 4.73. The Morgan fingerprint density at radius 2 is 2.27 bits per heavy atom. The number of amides is 1. The molecular formula is C8H15NOS. The zero-order valence-corrected chi connectivity index (χ0v) is 7.79. The summed E-state index contributed by atoms with van der Waals surface area (Å²) < 4.78 is 0. The second kappa shape index (κ2) is 3.48. The molecule has 2 nitrogen and oxygen atoms in total. The van der Waals surface area contributed by atoms with E-state index in [1.54, 1.807) is 0 Å². The number of thiol groups is 1. The Bertz CT molecular complexity index is 154. The maximum absolute atomic E-state index is 11.1. The average molecular weight is 173 g/mol. The molecule has 0 radical (unpaired) electrons. The van der Waals surface area contributed by atoms with Crippen molar-refractivity contribution in [2.24, 2.45) is 5.41 Å². The summed E-state index contributed by atoms with van der Waals surface area (Å²) in [6, 6.07) is 0. The van der Waals surface area contributed by atoms with Crippen LogP contribution >= 0.6 is 12.6 Å². The zero-order chi connectivity index (χ0) is 8.32. The Hall–Kier alpha value is -0.180. The van der Waals surface area contributed by atoms with Crippen molar-refractivity contribution in [1.82, 2.24) is 5.32 Å². The van der Waals surface area contributed by atoms with E-state index < -0.39 is 0 Å². The summed E-state index contributed by atoms with van der Waals surface area (Å²) in [6.45, 7) is 2.68. The monoisotopic (exact) mass is 173 g/mol. The van der Waals surface area contributed by atoms with Gasteiger partial charge in [-0.25, -0.2) is 0 Å². The molecule has 0 aromatic rings. The standard InChI is InChI=1S/C8H15NOS/c1-2-9-7(10)5-8(6-11)3-4-8/h11H,2-6H2,1H3,(H,9,10). The Balaban J connectivity index is 2.24. The fourth-order valence-electron chi connectivity index (χ4n) is 1.17. The molecule has 1 aliphatic rings. The van der Waals surface area contributed by atoms with Crippen molar-refractivity contribution in [2.45, 2.75) is 26.2 Å². The fraction of sp³-hybridized carbons (Fsp3) is 0.875. The zero-order valence-electron chi connectivity index (χ0n) is 6.89. The van der Waals surface area contributed by atoms with Crippen molar-refractivity contribution in [3.63, 3.8) is 0 Å². The minimum absolute atomic E-state index is 0.180. The van der Waals surface area contributed by atoms with Gasteiger partial charge in [0.15, 0.2) is 0 Å². The Morgan fingerprint density at radius 3 is 2.64 bits per heavy atom. The lowest BCUT2D eigenvalue weighted by Crippen LogP contribution is -2.26. The molecule has 0 heterocycles. The van der Waals surface area contributed by atoms with Gasteiger partial charge >= 0.3 is 0 Å². The highest BCUT2D eigenvalue weighted by Crippen LogP contribution is 2.49. The number of carbonyl (C=O) groups is 1. The fourth-order valence-corrected chi connectivity index (χ4v) is 1.60. The molecule has 0 aromatic heterocycles.